The lowest BCUT2D eigenvalue weighted by Crippen LogP contribution is -2.57. The Balaban J connectivity index is 1.75. The summed E-state index contributed by atoms with van der Waals surface area (Å²) >= 11 is 0. The second kappa shape index (κ2) is 9.16. The van der Waals surface area contributed by atoms with Crippen LogP contribution in [0.5, 0.6) is 5.75 Å². The minimum absolute atomic E-state index is 0.0441. The summed E-state index contributed by atoms with van der Waals surface area (Å²) in [6.45, 7) is 5.61. The van der Waals surface area contributed by atoms with Gasteiger partial charge >= 0.3 is 0 Å². The highest BCUT2D eigenvalue weighted by atomic mass is 16.5. The highest BCUT2D eigenvalue weighted by Gasteiger charge is 2.45. The summed E-state index contributed by atoms with van der Waals surface area (Å²) in [7, 11) is 1.55. The maximum atomic E-state index is 13.2. The van der Waals surface area contributed by atoms with Crippen molar-refractivity contribution in [2.24, 2.45) is 5.41 Å². The largest absolute Gasteiger partial charge is 0.491 e. The van der Waals surface area contributed by atoms with Crippen molar-refractivity contribution in [3.05, 3.63) is 29.8 Å². The number of carbonyl (C=O) groups is 2. The fourth-order valence-electron chi connectivity index (χ4n) is 4.42. The average Bonchev–Trinajstić information content (AvgIpc) is 2.73. The summed E-state index contributed by atoms with van der Waals surface area (Å²) in [5.74, 6) is 0.909. The van der Waals surface area contributed by atoms with Crippen LogP contribution in [0.3, 0.4) is 0 Å². The quantitative estimate of drug-likeness (QED) is 0.826. The van der Waals surface area contributed by atoms with Gasteiger partial charge in [0.25, 0.3) is 5.91 Å². The van der Waals surface area contributed by atoms with E-state index in [4.69, 9.17) is 9.47 Å². The van der Waals surface area contributed by atoms with Gasteiger partial charge in [0, 0.05) is 20.2 Å². The van der Waals surface area contributed by atoms with Crippen molar-refractivity contribution < 1.29 is 19.1 Å². The average molecular weight is 403 g/mol. The molecular formula is C23H34N2O4. The Hall–Kier alpha value is -2.08. The molecule has 6 nitrogen and oxygen atoms in total. The number of methoxy groups -OCH3 is 1. The van der Waals surface area contributed by atoms with Crippen molar-refractivity contribution in [1.29, 1.82) is 0 Å². The molecule has 1 N–H and O–H groups in total. The first-order chi connectivity index (χ1) is 13.9. The number of para-hydroxylation sites is 1. The van der Waals surface area contributed by atoms with Gasteiger partial charge in [-0.15, -0.1) is 0 Å². The van der Waals surface area contributed by atoms with Gasteiger partial charge in [0.1, 0.15) is 18.0 Å². The number of piperidine rings is 1. The summed E-state index contributed by atoms with van der Waals surface area (Å²) in [4.78, 5) is 28.0. The lowest BCUT2D eigenvalue weighted by Gasteiger charge is -2.44. The molecule has 1 aromatic carbocycles. The SMILES string of the molecule is COC(C)(C)C(=O)N1CCCC2(CCCCc3ccccc3OCCNC2=O)C1. The second-order valence-corrected chi connectivity index (χ2v) is 8.74. The molecule has 1 saturated heterocycles. The van der Waals surface area contributed by atoms with Crippen LogP contribution in [0.1, 0.15) is 51.5 Å². The van der Waals surface area contributed by atoms with Gasteiger partial charge in [-0.05, 0) is 57.6 Å². The highest BCUT2D eigenvalue weighted by Crippen LogP contribution is 2.37. The zero-order chi connectivity index (χ0) is 20.9. The third kappa shape index (κ3) is 4.92. The molecule has 1 unspecified atom stereocenters. The van der Waals surface area contributed by atoms with Gasteiger partial charge in [-0.3, -0.25) is 9.59 Å². The van der Waals surface area contributed by atoms with E-state index in [0.717, 1.165) is 44.3 Å². The number of nitrogens with one attached hydrogen (secondary N) is 1. The van der Waals surface area contributed by atoms with Crippen molar-refractivity contribution in [1.82, 2.24) is 10.2 Å². The predicted octanol–water partition coefficient (Wildman–Crippen LogP) is 2.94. The highest BCUT2D eigenvalue weighted by molar-refractivity contribution is 5.87. The number of hydrogen-bond donors (Lipinski definition) is 1. The van der Waals surface area contributed by atoms with E-state index in [-0.39, 0.29) is 11.8 Å². The Morgan fingerprint density at radius 1 is 1.21 bits per heavy atom. The zero-order valence-electron chi connectivity index (χ0n) is 18.0. The van der Waals surface area contributed by atoms with Crippen LogP contribution in [-0.2, 0) is 20.7 Å². The Labute approximate surface area is 173 Å². The van der Waals surface area contributed by atoms with Gasteiger partial charge in [-0.1, -0.05) is 24.6 Å². The van der Waals surface area contributed by atoms with Crippen LogP contribution in [0, 0.1) is 5.41 Å². The Morgan fingerprint density at radius 3 is 2.76 bits per heavy atom. The van der Waals surface area contributed by atoms with Gasteiger partial charge in [-0.25, -0.2) is 0 Å². The van der Waals surface area contributed by atoms with E-state index in [1.54, 1.807) is 21.0 Å². The molecule has 6 heteroatoms. The molecule has 160 valence electrons. The molecule has 0 radical (unpaired) electrons. The van der Waals surface area contributed by atoms with E-state index in [1.165, 1.54) is 5.56 Å². The molecule has 1 atom stereocenters. The van der Waals surface area contributed by atoms with Crippen molar-refractivity contribution in [3.8, 4) is 5.75 Å². The van der Waals surface area contributed by atoms with E-state index in [9.17, 15) is 9.59 Å². The van der Waals surface area contributed by atoms with Gasteiger partial charge in [0.05, 0.1) is 12.0 Å². The molecule has 1 spiro atoms. The van der Waals surface area contributed by atoms with Crippen LogP contribution in [0.15, 0.2) is 24.3 Å². The first-order valence-corrected chi connectivity index (χ1v) is 10.7. The smallest absolute Gasteiger partial charge is 0.254 e. The third-order valence-electron chi connectivity index (χ3n) is 6.34. The summed E-state index contributed by atoms with van der Waals surface area (Å²) < 4.78 is 11.3. The Bertz CT molecular complexity index is 733. The summed E-state index contributed by atoms with van der Waals surface area (Å²) in [5, 5.41) is 3.07. The maximum absolute atomic E-state index is 13.2. The molecule has 3 rings (SSSR count). The molecule has 2 aliphatic heterocycles. The van der Waals surface area contributed by atoms with Crippen LogP contribution < -0.4 is 10.1 Å². The molecule has 29 heavy (non-hydrogen) atoms. The van der Waals surface area contributed by atoms with Gasteiger partial charge in [0.2, 0.25) is 5.91 Å². The molecular weight excluding hydrogens is 368 g/mol. The second-order valence-electron chi connectivity index (χ2n) is 8.74. The molecule has 0 saturated carbocycles. The van der Waals surface area contributed by atoms with E-state index < -0.39 is 11.0 Å². The van der Waals surface area contributed by atoms with Crippen LogP contribution >= 0.6 is 0 Å². The van der Waals surface area contributed by atoms with Crippen molar-refractivity contribution in [2.75, 3.05) is 33.4 Å². The van der Waals surface area contributed by atoms with Gasteiger partial charge < -0.3 is 19.7 Å². The number of aryl methyl sites for hydroxylation is 1. The van der Waals surface area contributed by atoms with Crippen molar-refractivity contribution >= 4 is 11.8 Å². The normalized spacial score (nSPS) is 24.0. The van der Waals surface area contributed by atoms with Crippen molar-refractivity contribution in [2.45, 2.75) is 58.0 Å². The molecule has 1 fully saturated rings. The fourth-order valence-corrected chi connectivity index (χ4v) is 4.42. The van der Waals surface area contributed by atoms with Gasteiger partial charge in [-0.2, -0.15) is 0 Å². The van der Waals surface area contributed by atoms with Crippen LogP contribution in [0.25, 0.3) is 0 Å². The summed E-state index contributed by atoms with van der Waals surface area (Å²) in [5.41, 5.74) is -0.190. The number of rotatable bonds is 2. The summed E-state index contributed by atoms with van der Waals surface area (Å²) in [6, 6.07) is 8.13. The monoisotopic (exact) mass is 402 g/mol. The molecule has 1 aromatic rings. The van der Waals surface area contributed by atoms with Crippen LogP contribution in [-0.4, -0.2) is 55.7 Å². The first kappa shape index (κ1) is 21.6. The zero-order valence-corrected chi connectivity index (χ0v) is 18.0. The first-order valence-electron chi connectivity index (χ1n) is 10.7. The number of hydrogen-bond acceptors (Lipinski definition) is 4. The minimum Gasteiger partial charge on any atom is -0.491 e. The lowest BCUT2D eigenvalue weighted by molar-refractivity contribution is -0.157. The molecule has 0 bridgehead atoms. The minimum atomic E-state index is -0.877. The molecule has 2 heterocycles. The van der Waals surface area contributed by atoms with E-state index in [2.05, 4.69) is 11.4 Å². The molecule has 0 aromatic heterocycles. The van der Waals surface area contributed by atoms with E-state index in [1.807, 2.05) is 23.1 Å². The molecule has 2 amide bonds. The van der Waals surface area contributed by atoms with Gasteiger partial charge in [0.15, 0.2) is 0 Å². The number of amides is 2. The maximum Gasteiger partial charge on any atom is 0.254 e. The molecule has 2 aliphatic rings. The van der Waals surface area contributed by atoms with E-state index in [0.29, 0.717) is 26.2 Å². The Kier molecular flexibility index (Phi) is 6.83. The Morgan fingerprint density at radius 2 is 1.97 bits per heavy atom. The lowest BCUT2D eigenvalue weighted by atomic mass is 9.74. The van der Waals surface area contributed by atoms with E-state index >= 15 is 0 Å². The third-order valence-corrected chi connectivity index (χ3v) is 6.34. The number of likely N-dealkylation sites (tertiary alicyclic amines) is 1. The topological polar surface area (TPSA) is 67.9 Å². The van der Waals surface area contributed by atoms with Crippen LogP contribution in [0.2, 0.25) is 0 Å². The van der Waals surface area contributed by atoms with Crippen LogP contribution in [0.4, 0.5) is 0 Å². The number of nitrogens with zero attached hydrogens (tertiary/aromatic N) is 1. The fraction of sp³-hybridized carbons (Fsp3) is 0.652. The number of benzene rings is 1. The van der Waals surface area contributed by atoms with Crippen molar-refractivity contribution in [3.63, 3.8) is 0 Å². The summed E-state index contributed by atoms with van der Waals surface area (Å²) in [6.07, 6.45) is 5.31. The molecule has 0 aliphatic carbocycles. The number of fused-ring (bicyclic) bond motifs is 1. The number of carbonyl (C=O) groups excluding carboxylic acids is 2. The number of ether oxygens (including phenoxy) is 2. The standard InChI is InChI=1S/C23H34N2O4/c1-22(2,28-3)21(27)25-15-8-13-23(17-25)12-7-6-10-18-9-4-5-11-19(18)29-16-14-24-20(23)26/h4-5,9,11H,6-8,10,12-17H2,1-3H3,(H,24,26). The predicted molar refractivity (Wildman–Crippen MR) is 112 cm³/mol.